The van der Waals surface area contributed by atoms with Gasteiger partial charge in [-0.25, -0.2) is 9.18 Å². The Morgan fingerprint density at radius 1 is 1.32 bits per heavy atom. The van der Waals surface area contributed by atoms with E-state index < -0.39 is 5.54 Å². The minimum atomic E-state index is -0.796. The van der Waals surface area contributed by atoms with Gasteiger partial charge in [0.15, 0.2) is 5.96 Å². The Morgan fingerprint density at radius 3 is 2.61 bits per heavy atom. The molecule has 1 fully saturated rings. The zero-order valence-corrected chi connectivity index (χ0v) is 19.1. The Labute approximate surface area is 182 Å². The van der Waals surface area contributed by atoms with Crippen LogP contribution in [0.3, 0.4) is 0 Å². The van der Waals surface area contributed by atoms with Crippen LogP contribution in [0.5, 0.6) is 0 Å². The number of carbonyl (C=O) groups excluding carboxylic acids is 2. The quantitative estimate of drug-likeness (QED) is 0.175. The van der Waals surface area contributed by atoms with E-state index in [4.69, 9.17) is 0 Å². The second-order valence-electron chi connectivity index (χ2n) is 6.86. The maximum absolute atomic E-state index is 13.3. The number of benzene rings is 1. The molecule has 0 spiro atoms. The number of nitrogens with one attached hydrogen (secondary N) is 3. The second kappa shape index (κ2) is 10.6. The number of amides is 3. The third-order valence-corrected chi connectivity index (χ3v) is 4.81. The number of nitrogens with zero attached hydrogens (tertiary/aromatic N) is 2. The van der Waals surface area contributed by atoms with Gasteiger partial charge in [0.05, 0.1) is 0 Å². The molecule has 0 aromatic heterocycles. The number of imide groups is 1. The summed E-state index contributed by atoms with van der Waals surface area (Å²) in [6.45, 7) is 6.77. The first-order valence-electron chi connectivity index (χ1n) is 9.14. The summed E-state index contributed by atoms with van der Waals surface area (Å²) in [5, 5.41) is 9.05. The molecule has 0 bridgehead atoms. The van der Waals surface area contributed by atoms with Crippen LogP contribution in [-0.4, -0.2) is 48.5 Å². The number of urea groups is 1. The third kappa shape index (κ3) is 5.79. The summed E-state index contributed by atoms with van der Waals surface area (Å²) >= 11 is 0. The Hall–Kier alpha value is -1.91. The maximum atomic E-state index is 13.3. The minimum Gasteiger partial charge on any atom is -0.356 e. The Balaban J connectivity index is 0.00000392. The molecule has 7 nitrogen and oxygen atoms in total. The molecule has 1 aliphatic heterocycles. The molecule has 1 aromatic carbocycles. The van der Waals surface area contributed by atoms with Gasteiger partial charge in [-0.1, -0.05) is 19.1 Å². The van der Waals surface area contributed by atoms with Gasteiger partial charge >= 0.3 is 6.03 Å². The van der Waals surface area contributed by atoms with Crippen molar-refractivity contribution in [3.8, 4) is 0 Å². The molecule has 1 atom stereocenters. The first kappa shape index (κ1) is 24.1. The monoisotopic (exact) mass is 505 g/mol. The first-order chi connectivity index (χ1) is 12.8. The number of aliphatic imine (C=N–C) groups is 1. The lowest BCUT2D eigenvalue weighted by molar-refractivity contribution is -0.130. The van der Waals surface area contributed by atoms with Crippen molar-refractivity contribution >= 4 is 41.9 Å². The van der Waals surface area contributed by atoms with Crippen LogP contribution in [0, 0.1) is 12.7 Å². The van der Waals surface area contributed by atoms with Gasteiger partial charge in [0.1, 0.15) is 11.4 Å². The van der Waals surface area contributed by atoms with Gasteiger partial charge < -0.3 is 16.0 Å². The van der Waals surface area contributed by atoms with Crippen LogP contribution in [0.25, 0.3) is 0 Å². The highest BCUT2D eigenvalue weighted by Crippen LogP contribution is 2.20. The van der Waals surface area contributed by atoms with Crippen LogP contribution in [0.15, 0.2) is 23.2 Å². The first-order valence-corrected chi connectivity index (χ1v) is 9.14. The molecule has 1 aromatic rings. The number of hydrogen-bond donors (Lipinski definition) is 3. The summed E-state index contributed by atoms with van der Waals surface area (Å²) in [7, 11) is 1.66. The number of halogens is 2. The van der Waals surface area contributed by atoms with Gasteiger partial charge in [-0.2, -0.15) is 0 Å². The van der Waals surface area contributed by atoms with Crippen molar-refractivity contribution < 1.29 is 14.0 Å². The van der Waals surface area contributed by atoms with Crippen molar-refractivity contribution in [1.29, 1.82) is 0 Å². The summed E-state index contributed by atoms with van der Waals surface area (Å²) in [5.41, 5.74) is 0.759. The molecule has 9 heteroatoms. The number of aryl methyl sites for hydroxylation is 1. The predicted octanol–water partition coefficient (Wildman–Crippen LogP) is 2.53. The summed E-state index contributed by atoms with van der Waals surface area (Å²) in [4.78, 5) is 29.7. The van der Waals surface area contributed by atoms with Crippen molar-refractivity contribution in [3.05, 3.63) is 35.1 Å². The fraction of sp³-hybridized carbons (Fsp3) is 0.526. The van der Waals surface area contributed by atoms with E-state index in [1.807, 2.05) is 6.92 Å². The van der Waals surface area contributed by atoms with Crippen molar-refractivity contribution in [2.75, 3.05) is 20.1 Å². The molecule has 0 radical (unpaired) electrons. The predicted molar refractivity (Wildman–Crippen MR) is 118 cm³/mol. The standard InChI is InChI=1S/C19H28FN5O2.HI/c1-5-19(3)16(26)25(18(27)24-19)10-6-9-22-17(21-4)23-12-14-7-8-15(20)13(2)11-14;/h7-8,11H,5-6,9-10,12H2,1-4H3,(H,24,27)(H2,21,22,23);1H. The molecular formula is C19H29FIN5O2. The van der Waals surface area contributed by atoms with Crippen molar-refractivity contribution in [3.63, 3.8) is 0 Å². The zero-order chi connectivity index (χ0) is 20.0. The minimum absolute atomic E-state index is 0. The molecule has 156 valence electrons. The van der Waals surface area contributed by atoms with Crippen molar-refractivity contribution in [2.24, 2.45) is 4.99 Å². The van der Waals surface area contributed by atoms with E-state index in [-0.39, 0.29) is 41.7 Å². The van der Waals surface area contributed by atoms with Crippen LogP contribution in [0.4, 0.5) is 9.18 Å². The van der Waals surface area contributed by atoms with Gasteiger partial charge in [0.25, 0.3) is 5.91 Å². The molecule has 0 aliphatic carbocycles. The van der Waals surface area contributed by atoms with E-state index in [1.54, 1.807) is 33.0 Å². The summed E-state index contributed by atoms with van der Waals surface area (Å²) in [6.07, 6.45) is 1.17. The average molecular weight is 505 g/mol. The molecule has 1 aliphatic rings. The van der Waals surface area contributed by atoms with Crippen molar-refractivity contribution in [2.45, 2.75) is 45.7 Å². The van der Waals surface area contributed by atoms with Crippen LogP contribution in [0.2, 0.25) is 0 Å². The summed E-state index contributed by atoms with van der Waals surface area (Å²) < 4.78 is 13.3. The highest BCUT2D eigenvalue weighted by molar-refractivity contribution is 14.0. The molecule has 2 rings (SSSR count). The van der Waals surface area contributed by atoms with Crippen LogP contribution >= 0.6 is 24.0 Å². The van der Waals surface area contributed by atoms with Gasteiger partial charge in [0.2, 0.25) is 0 Å². The number of hydrogen-bond acceptors (Lipinski definition) is 3. The molecule has 3 amide bonds. The van der Waals surface area contributed by atoms with Crippen LogP contribution in [-0.2, 0) is 11.3 Å². The number of carbonyl (C=O) groups is 2. The molecule has 1 unspecified atom stereocenters. The highest BCUT2D eigenvalue weighted by Gasteiger charge is 2.45. The van der Waals surface area contributed by atoms with E-state index in [0.717, 1.165) is 5.56 Å². The summed E-state index contributed by atoms with van der Waals surface area (Å²) in [5.74, 6) is 0.206. The average Bonchev–Trinajstić information content (AvgIpc) is 2.87. The molecule has 28 heavy (non-hydrogen) atoms. The smallest absolute Gasteiger partial charge is 0.325 e. The topological polar surface area (TPSA) is 85.8 Å². The van der Waals surface area contributed by atoms with Gasteiger partial charge in [-0.3, -0.25) is 14.7 Å². The van der Waals surface area contributed by atoms with Crippen LogP contribution in [0.1, 0.15) is 37.8 Å². The summed E-state index contributed by atoms with van der Waals surface area (Å²) in [6, 6.07) is 4.63. The number of guanidine groups is 1. The Kier molecular flexibility index (Phi) is 9.12. The van der Waals surface area contributed by atoms with Gasteiger partial charge in [-0.15, -0.1) is 24.0 Å². The lowest BCUT2D eigenvalue weighted by atomic mass is 9.99. The normalized spacial score (nSPS) is 19.3. The van der Waals surface area contributed by atoms with Crippen molar-refractivity contribution in [1.82, 2.24) is 20.9 Å². The fourth-order valence-corrected chi connectivity index (χ4v) is 2.86. The zero-order valence-electron chi connectivity index (χ0n) is 16.8. The van der Waals surface area contributed by atoms with E-state index >= 15 is 0 Å². The van der Waals surface area contributed by atoms with Crippen LogP contribution < -0.4 is 16.0 Å². The van der Waals surface area contributed by atoms with E-state index in [0.29, 0.717) is 44.0 Å². The lowest BCUT2D eigenvalue weighted by Gasteiger charge is -2.19. The molecule has 0 saturated carbocycles. The SMILES string of the molecule is CCC1(C)NC(=O)N(CCCNC(=NC)NCc2ccc(F)c(C)c2)C1=O.I. The number of rotatable bonds is 7. The lowest BCUT2D eigenvalue weighted by Crippen LogP contribution is -2.43. The Bertz CT molecular complexity index is 743. The highest BCUT2D eigenvalue weighted by atomic mass is 127. The molecular weight excluding hydrogens is 476 g/mol. The molecule has 1 saturated heterocycles. The molecule has 3 N–H and O–H groups in total. The third-order valence-electron chi connectivity index (χ3n) is 4.81. The van der Waals surface area contributed by atoms with E-state index in [9.17, 15) is 14.0 Å². The van der Waals surface area contributed by atoms with E-state index in [1.165, 1.54) is 11.0 Å². The maximum Gasteiger partial charge on any atom is 0.325 e. The van der Waals surface area contributed by atoms with Gasteiger partial charge in [0, 0.05) is 26.7 Å². The Morgan fingerprint density at radius 2 is 2.04 bits per heavy atom. The second-order valence-corrected chi connectivity index (χ2v) is 6.86. The van der Waals surface area contributed by atoms with Gasteiger partial charge in [-0.05, 0) is 43.9 Å². The largest absolute Gasteiger partial charge is 0.356 e. The molecule has 1 heterocycles. The van der Waals surface area contributed by atoms with E-state index in [2.05, 4.69) is 20.9 Å². The fourth-order valence-electron chi connectivity index (χ4n) is 2.86.